The Morgan fingerprint density at radius 3 is 2.33 bits per heavy atom. The molecule has 1 aromatic carbocycles. The molecular formula is C30H42N4O2. The molecule has 2 atom stereocenters. The number of pyridine rings is 1. The number of carbonyl (C=O) groups excluding carboxylic acids is 2. The van der Waals surface area contributed by atoms with Crippen molar-refractivity contribution in [1.82, 2.24) is 15.6 Å². The normalized spacial score (nSPS) is 21.1. The highest BCUT2D eigenvalue weighted by molar-refractivity contribution is 6.04. The molecule has 2 amide bonds. The van der Waals surface area contributed by atoms with Crippen molar-refractivity contribution in [1.29, 1.82) is 0 Å². The minimum atomic E-state index is -0.792. The Kier molecular flexibility index (Phi) is 7.84. The van der Waals surface area contributed by atoms with E-state index in [2.05, 4.69) is 62.4 Å². The summed E-state index contributed by atoms with van der Waals surface area (Å²) in [6.45, 7) is 11.6. The lowest BCUT2D eigenvalue weighted by atomic mass is 9.87. The molecule has 36 heavy (non-hydrogen) atoms. The zero-order chi connectivity index (χ0) is 25.9. The van der Waals surface area contributed by atoms with Gasteiger partial charge in [0.2, 0.25) is 11.8 Å². The maximum atomic E-state index is 14.2. The molecule has 6 heteroatoms. The Morgan fingerprint density at radius 1 is 1.08 bits per heavy atom. The first-order valence-corrected chi connectivity index (χ1v) is 13.4. The molecule has 1 aliphatic carbocycles. The lowest BCUT2D eigenvalue weighted by molar-refractivity contribution is -0.128. The molecule has 6 nitrogen and oxygen atoms in total. The number of nitrogens with zero attached hydrogens (tertiary/aromatic N) is 2. The highest BCUT2D eigenvalue weighted by atomic mass is 16.2. The van der Waals surface area contributed by atoms with Crippen molar-refractivity contribution in [3.05, 3.63) is 59.9 Å². The van der Waals surface area contributed by atoms with Gasteiger partial charge in [-0.3, -0.25) is 19.5 Å². The van der Waals surface area contributed by atoms with E-state index in [0.717, 1.165) is 49.9 Å². The standard InChI is InChI=1S/C30H42N4O2/c1-29(2,3)22-13-15-24(16-14-22)34(28(36)25-18-30(4,5)20-32-25)26(21-10-9-17-31-19-21)27(35)33-23-11-7-6-8-12-23/h9-10,13-17,19,23,25-26,32H,6-8,11-12,18,20H2,1-5H3,(H,33,35). The first-order chi connectivity index (χ1) is 17.0. The predicted molar refractivity (Wildman–Crippen MR) is 145 cm³/mol. The summed E-state index contributed by atoms with van der Waals surface area (Å²) in [6.07, 6.45) is 9.57. The maximum Gasteiger partial charge on any atom is 0.248 e. The van der Waals surface area contributed by atoms with Crippen LogP contribution in [-0.2, 0) is 15.0 Å². The Hall–Kier alpha value is -2.73. The van der Waals surface area contributed by atoms with Gasteiger partial charge in [0, 0.05) is 36.2 Å². The molecule has 2 unspecified atom stereocenters. The van der Waals surface area contributed by atoms with E-state index in [1.807, 2.05) is 24.3 Å². The predicted octanol–water partition coefficient (Wildman–Crippen LogP) is 5.29. The van der Waals surface area contributed by atoms with Gasteiger partial charge in [0.25, 0.3) is 0 Å². The lowest BCUT2D eigenvalue weighted by Crippen LogP contribution is -2.51. The van der Waals surface area contributed by atoms with Gasteiger partial charge in [0.15, 0.2) is 0 Å². The van der Waals surface area contributed by atoms with Crippen LogP contribution < -0.4 is 15.5 Å². The molecule has 2 fully saturated rings. The largest absolute Gasteiger partial charge is 0.351 e. The van der Waals surface area contributed by atoms with Gasteiger partial charge in [-0.25, -0.2) is 0 Å². The van der Waals surface area contributed by atoms with Crippen molar-refractivity contribution in [2.24, 2.45) is 5.41 Å². The summed E-state index contributed by atoms with van der Waals surface area (Å²) in [4.78, 5) is 34.1. The Balaban J connectivity index is 1.75. The second-order valence-electron chi connectivity index (χ2n) is 12.3. The molecule has 194 valence electrons. The van der Waals surface area contributed by atoms with Crippen molar-refractivity contribution in [3.8, 4) is 0 Å². The molecular weight excluding hydrogens is 448 g/mol. The lowest BCUT2D eigenvalue weighted by Gasteiger charge is -2.35. The molecule has 2 aromatic rings. The number of benzene rings is 1. The molecule has 0 bridgehead atoms. The maximum absolute atomic E-state index is 14.2. The summed E-state index contributed by atoms with van der Waals surface area (Å²) in [5.74, 6) is -0.211. The van der Waals surface area contributed by atoms with Crippen LogP contribution in [0.15, 0.2) is 48.8 Å². The van der Waals surface area contributed by atoms with Gasteiger partial charge in [-0.2, -0.15) is 0 Å². The quantitative estimate of drug-likeness (QED) is 0.577. The highest BCUT2D eigenvalue weighted by Crippen LogP contribution is 2.35. The molecule has 1 saturated heterocycles. The third-order valence-corrected chi connectivity index (χ3v) is 7.59. The van der Waals surface area contributed by atoms with Crippen molar-refractivity contribution in [2.45, 2.75) is 96.7 Å². The van der Waals surface area contributed by atoms with E-state index in [1.54, 1.807) is 17.3 Å². The van der Waals surface area contributed by atoms with Gasteiger partial charge >= 0.3 is 0 Å². The van der Waals surface area contributed by atoms with Gasteiger partial charge in [-0.1, -0.05) is 72.1 Å². The van der Waals surface area contributed by atoms with Gasteiger partial charge in [0.1, 0.15) is 6.04 Å². The minimum Gasteiger partial charge on any atom is -0.351 e. The van der Waals surface area contributed by atoms with Crippen LogP contribution >= 0.6 is 0 Å². The molecule has 2 N–H and O–H groups in total. The van der Waals surface area contributed by atoms with Crippen LogP contribution in [0.5, 0.6) is 0 Å². The first kappa shape index (κ1) is 26.3. The van der Waals surface area contributed by atoms with Gasteiger partial charge in [0.05, 0.1) is 6.04 Å². The molecule has 1 aromatic heterocycles. The minimum absolute atomic E-state index is 0.00842. The summed E-state index contributed by atoms with van der Waals surface area (Å²) >= 11 is 0. The number of nitrogens with one attached hydrogen (secondary N) is 2. The Morgan fingerprint density at radius 2 is 1.78 bits per heavy atom. The van der Waals surface area contributed by atoms with E-state index in [0.29, 0.717) is 0 Å². The fourth-order valence-corrected chi connectivity index (χ4v) is 5.45. The molecule has 1 aliphatic heterocycles. The number of hydrogen-bond acceptors (Lipinski definition) is 4. The molecule has 4 rings (SSSR count). The number of anilines is 1. The second-order valence-corrected chi connectivity index (χ2v) is 12.3. The third-order valence-electron chi connectivity index (χ3n) is 7.59. The Bertz CT molecular complexity index is 1040. The Labute approximate surface area is 216 Å². The fourth-order valence-electron chi connectivity index (χ4n) is 5.45. The topological polar surface area (TPSA) is 74.3 Å². The smallest absolute Gasteiger partial charge is 0.248 e. The summed E-state index contributed by atoms with van der Waals surface area (Å²) in [5, 5.41) is 6.70. The van der Waals surface area contributed by atoms with E-state index in [-0.39, 0.29) is 34.7 Å². The molecule has 2 aliphatic rings. The number of amides is 2. The molecule has 1 saturated carbocycles. The summed E-state index contributed by atoms with van der Waals surface area (Å²) in [7, 11) is 0. The number of carbonyl (C=O) groups is 2. The second kappa shape index (κ2) is 10.7. The zero-order valence-corrected chi connectivity index (χ0v) is 22.5. The summed E-state index contributed by atoms with van der Waals surface area (Å²) < 4.78 is 0. The van der Waals surface area contributed by atoms with Crippen LogP contribution in [-0.4, -0.2) is 35.4 Å². The average molecular weight is 491 g/mol. The molecule has 0 spiro atoms. The van der Waals surface area contributed by atoms with E-state index >= 15 is 0 Å². The van der Waals surface area contributed by atoms with Crippen LogP contribution in [0.4, 0.5) is 5.69 Å². The van der Waals surface area contributed by atoms with Crippen molar-refractivity contribution in [3.63, 3.8) is 0 Å². The van der Waals surface area contributed by atoms with Gasteiger partial charge in [-0.15, -0.1) is 0 Å². The number of aromatic nitrogens is 1. The highest BCUT2D eigenvalue weighted by Gasteiger charge is 2.41. The SMILES string of the molecule is CC1(C)CNC(C(=O)N(c2ccc(C(C)(C)C)cc2)C(C(=O)NC2CCCCC2)c2cccnc2)C1. The third kappa shape index (κ3) is 6.15. The van der Waals surface area contributed by atoms with Crippen LogP contribution in [0.25, 0.3) is 0 Å². The first-order valence-electron chi connectivity index (χ1n) is 13.4. The van der Waals surface area contributed by atoms with Crippen LogP contribution in [0.1, 0.15) is 90.3 Å². The van der Waals surface area contributed by atoms with E-state index < -0.39 is 6.04 Å². The van der Waals surface area contributed by atoms with Crippen LogP contribution in [0.2, 0.25) is 0 Å². The van der Waals surface area contributed by atoms with E-state index in [9.17, 15) is 9.59 Å². The van der Waals surface area contributed by atoms with Crippen molar-refractivity contribution >= 4 is 17.5 Å². The van der Waals surface area contributed by atoms with Crippen molar-refractivity contribution < 1.29 is 9.59 Å². The number of hydrogen-bond donors (Lipinski definition) is 2. The molecule has 0 radical (unpaired) electrons. The zero-order valence-electron chi connectivity index (χ0n) is 22.5. The average Bonchev–Trinajstić information content (AvgIpc) is 3.22. The fraction of sp³-hybridized carbons (Fsp3) is 0.567. The van der Waals surface area contributed by atoms with E-state index in [4.69, 9.17) is 0 Å². The van der Waals surface area contributed by atoms with Crippen LogP contribution in [0, 0.1) is 5.41 Å². The summed E-state index contributed by atoms with van der Waals surface area (Å²) in [6, 6.07) is 10.8. The number of rotatable bonds is 6. The van der Waals surface area contributed by atoms with Gasteiger partial charge in [-0.05, 0) is 53.9 Å². The molecule has 2 heterocycles. The van der Waals surface area contributed by atoms with E-state index in [1.165, 1.54) is 12.0 Å². The monoisotopic (exact) mass is 490 g/mol. The summed E-state index contributed by atoms with van der Waals surface area (Å²) in [5.41, 5.74) is 2.65. The van der Waals surface area contributed by atoms with Crippen LogP contribution in [0.3, 0.4) is 0 Å². The van der Waals surface area contributed by atoms with Crippen molar-refractivity contribution in [2.75, 3.05) is 11.4 Å². The van der Waals surface area contributed by atoms with Gasteiger partial charge < -0.3 is 10.6 Å².